The summed E-state index contributed by atoms with van der Waals surface area (Å²) in [5.41, 5.74) is 4.68. The van der Waals surface area contributed by atoms with Crippen LogP contribution in [0.4, 0.5) is 5.69 Å². The zero-order valence-electron chi connectivity index (χ0n) is 15.6. The van der Waals surface area contributed by atoms with Crippen LogP contribution in [0.3, 0.4) is 0 Å². The fraction of sp³-hybridized carbons (Fsp3) is 0.0435. The molecule has 5 nitrogen and oxygen atoms in total. The Kier molecular flexibility index (Phi) is 5.88. The Morgan fingerprint density at radius 3 is 2.37 bits per heavy atom. The van der Waals surface area contributed by atoms with Crippen molar-refractivity contribution in [3.05, 3.63) is 99.0 Å². The summed E-state index contributed by atoms with van der Waals surface area (Å²) in [6, 6.07) is 22.0. The highest BCUT2D eigenvalue weighted by molar-refractivity contribution is 9.10. The average molecular weight is 484 g/mol. The normalized spacial score (nSPS) is 14.9. The van der Waals surface area contributed by atoms with E-state index in [2.05, 4.69) is 21.4 Å². The number of benzene rings is 3. The van der Waals surface area contributed by atoms with E-state index in [1.807, 2.05) is 36.4 Å². The van der Waals surface area contributed by atoms with Gasteiger partial charge in [0.25, 0.3) is 11.8 Å². The molecule has 2 amide bonds. The number of para-hydroxylation sites is 1. The number of carbonyl (C=O) groups excluding carboxylic acids is 2. The van der Waals surface area contributed by atoms with Crippen molar-refractivity contribution >= 4 is 51.1 Å². The summed E-state index contributed by atoms with van der Waals surface area (Å²) in [6.45, 7) is 0.327. The average Bonchev–Trinajstić information content (AvgIpc) is 3.03. The lowest BCUT2D eigenvalue weighted by molar-refractivity contribution is -0.117. The maximum Gasteiger partial charge on any atom is 0.282 e. The van der Waals surface area contributed by atoms with Crippen LogP contribution in [0.1, 0.15) is 11.1 Å². The van der Waals surface area contributed by atoms with Crippen molar-refractivity contribution < 1.29 is 14.3 Å². The summed E-state index contributed by atoms with van der Waals surface area (Å²) >= 11 is 9.68. The zero-order valence-corrected chi connectivity index (χ0v) is 18.0. The molecule has 0 bridgehead atoms. The summed E-state index contributed by atoms with van der Waals surface area (Å²) in [4.78, 5) is 25.4. The first kappa shape index (κ1) is 20.2. The number of carbonyl (C=O) groups is 2. The Bertz CT molecular complexity index is 1130. The molecule has 150 valence electrons. The van der Waals surface area contributed by atoms with Crippen molar-refractivity contribution in [2.24, 2.45) is 0 Å². The number of anilines is 1. The number of hydrogen-bond acceptors (Lipinski definition) is 3. The molecule has 0 atom stereocenters. The molecule has 0 spiro atoms. The van der Waals surface area contributed by atoms with Gasteiger partial charge in [0.2, 0.25) is 0 Å². The number of hydrogen-bond donors (Lipinski definition) is 1. The lowest BCUT2D eigenvalue weighted by Gasteiger charge is -2.14. The zero-order chi connectivity index (χ0) is 21.1. The van der Waals surface area contributed by atoms with Crippen LogP contribution in [0.5, 0.6) is 5.75 Å². The maximum absolute atomic E-state index is 12.9. The largest absolute Gasteiger partial charge is 0.487 e. The number of ether oxygens (including phenoxy) is 1. The highest BCUT2D eigenvalue weighted by Gasteiger charge is 2.34. The van der Waals surface area contributed by atoms with Crippen LogP contribution in [0.25, 0.3) is 6.08 Å². The lowest BCUT2D eigenvalue weighted by Crippen LogP contribution is -2.35. The van der Waals surface area contributed by atoms with Crippen LogP contribution < -0.4 is 15.2 Å². The molecule has 0 aliphatic carbocycles. The first-order chi connectivity index (χ1) is 14.5. The number of nitrogens with one attached hydrogen (secondary N) is 1. The molecule has 1 aliphatic rings. The molecule has 0 radical (unpaired) electrons. The van der Waals surface area contributed by atoms with Crippen LogP contribution in [0.15, 0.2) is 82.8 Å². The van der Waals surface area contributed by atoms with E-state index in [4.69, 9.17) is 16.3 Å². The van der Waals surface area contributed by atoms with Gasteiger partial charge in [-0.05, 0) is 51.8 Å². The van der Waals surface area contributed by atoms with E-state index in [0.29, 0.717) is 33.1 Å². The van der Waals surface area contributed by atoms with E-state index in [0.717, 1.165) is 5.56 Å². The second-order valence-corrected chi connectivity index (χ2v) is 7.85. The van der Waals surface area contributed by atoms with Gasteiger partial charge in [0, 0.05) is 10.6 Å². The minimum atomic E-state index is -0.492. The van der Waals surface area contributed by atoms with Crippen molar-refractivity contribution in [3.63, 3.8) is 0 Å². The van der Waals surface area contributed by atoms with E-state index in [1.54, 1.807) is 36.4 Å². The van der Waals surface area contributed by atoms with Gasteiger partial charge >= 0.3 is 0 Å². The molecular formula is C23H16BrClN2O3. The quantitative estimate of drug-likeness (QED) is 0.404. The standard InChI is InChI=1S/C23H16BrClN2O3/c24-20-13-17(25)11-16(21(20)30-14-15-7-3-1-4-8-15)12-19-22(28)26-27(23(19)29)18-9-5-2-6-10-18/h1-13H,14H2,(H,26,28). The number of halogens is 2. The van der Waals surface area contributed by atoms with Crippen molar-refractivity contribution in [1.82, 2.24) is 5.43 Å². The van der Waals surface area contributed by atoms with Crippen molar-refractivity contribution in [2.45, 2.75) is 6.61 Å². The predicted molar refractivity (Wildman–Crippen MR) is 120 cm³/mol. The van der Waals surface area contributed by atoms with Crippen molar-refractivity contribution in [1.29, 1.82) is 0 Å². The van der Waals surface area contributed by atoms with Gasteiger partial charge in [-0.1, -0.05) is 60.1 Å². The third-order valence-electron chi connectivity index (χ3n) is 4.47. The predicted octanol–water partition coefficient (Wildman–Crippen LogP) is 5.14. The Morgan fingerprint density at radius 1 is 1.00 bits per heavy atom. The molecule has 1 saturated heterocycles. The van der Waals surface area contributed by atoms with Gasteiger partial charge in [0.1, 0.15) is 17.9 Å². The second-order valence-electron chi connectivity index (χ2n) is 6.56. The topological polar surface area (TPSA) is 58.6 Å². The van der Waals surface area contributed by atoms with E-state index < -0.39 is 11.8 Å². The Morgan fingerprint density at radius 2 is 1.67 bits per heavy atom. The molecule has 4 rings (SSSR count). The van der Waals surface area contributed by atoms with Gasteiger partial charge < -0.3 is 4.74 Å². The Hall–Kier alpha value is -3.09. The third kappa shape index (κ3) is 4.25. The van der Waals surface area contributed by atoms with Crippen LogP contribution >= 0.6 is 27.5 Å². The molecular weight excluding hydrogens is 468 g/mol. The molecule has 0 unspecified atom stereocenters. The molecule has 3 aromatic rings. The molecule has 3 aromatic carbocycles. The third-order valence-corrected chi connectivity index (χ3v) is 5.28. The minimum Gasteiger partial charge on any atom is -0.487 e. The van der Waals surface area contributed by atoms with Gasteiger partial charge in [-0.3, -0.25) is 15.0 Å². The fourth-order valence-corrected chi connectivity index (χ4v) is 3.99. The lowest BCUT2D eigenvalue weighted by atomic mass is 10.1. The minimum absolute atomic E-state index is 0.00224. The summed E-state index contributed by atoms with van der Waals surface area (Å²) < 4.78 is 6.62. The van der Waals surface area contributed by atoms with Crippen LogP contribution in [0, 0.1) is 0 Å². The highest BCUT2D eigenvalue weighted by atomic mass is 79.9. The summed E-state index contributed by atoms with van der Waals surface area (Å²) in [5.74, 6) is -0.445. The second kappa shape index (κ2) is 8.73. The van der Waals surface area contributed by atoms with E-state index in [9.17, 15) is 9.59 Å². The monoisotopic (exact) mass is 482 g/mol. The van der Waals surface area contributed by atoms with Crippen molar-refractivity contribution in [2.75, 3.05) is 5.01 Å². The summed E-state index contributed by atoms with van der Waals surface area (Å²) in [7, 11) is 0. The summed E-state index contributed by atoms with van der Waals surface area (Å²) in [5, 5.41) is 1.67. The van der Waals surface area contributed by atoms with Crippen LogP contribution in [-0.2, 0) is 16.2 Å². The maximum atomic E-state index is 12.9. The fourth-order valence-electron chi connectivity index (χ4n) is 3.04. The molecule has 0 saturated carbocycles. The first-order valence-corrected chi connectivity index (χ1v) is 10.3. The number of amides is 2. The highest BCUT2D eigenvalue weighted by Crippen LogP contribution is 2.35. The van der Waals surface area contributed by atoms with E-state index in [1.165, 1.54) is 11.1 Å². The number of hydrazine groups is 1. The molecule has 1 aliphatic heterocycles. The van der Waals surface area contributed by atoms with Gasteiger partial charge in [-0.25, -0.2) is 5.01 Å². The van der Waals surface area contributed by atoms with Crippen LogP contribution in [0.2, 0.25) is 5.02 Å². The van der Waals surface area contributed by atoms with Gasteiger partial charge in [0.05, 0.1) is 10.2 Å². The first-order valence-electron chi connectivity index (χ1n) is 9.11. The van der Waals surface area contributed by atoms with Crippen LogP contribution in [-0.4, -0.2) is 11.8 Å². The molecule has 1 fully saturated rings. The Balaban J connectivity index is 1.67. The van der Waals surface area contributed by atoms with E-state index >= 15 is 0 Å². The molecule has 30 heavy (non-hydrogen) atoms. The molecule has 0 aromatic heterocycles. The van der Waals surface area contributed by atoms with Gasteiger partial charge in [-0.15, -0.1) is 0 Å². The Labute approximate surface area is 187 Å². The number of rotatable bonds is 5. The van der Waals surface area contributed by atoms with Crippen molar-refractivity contribution in [3.8, 4) is 5.75 Å². The molecule has 7 heteroatoms. The SMILES string of the molecule is O=C1NN(c2ccccc2)C(=O)C1=Cc1cc(Cl)cc(Br)c1OCc1ccccc1. The summed E-state index contributed by atoms with van der Waals surface area (Å²) in [6.07, 6.45) is 1.50. The van der Waals surface area contributed by atoms with Gasteiger partial charge in [-0.2, -0.15) is 0 Å². The smallest absolute Gasteiger partial charge is 0.282 e. The number of nitrogens with zero attached hydrogens (tertiary/aromatic N) is 1. The molecule has 1 heterocycles. The van der Waals surface area contributed by atoms with E-state index in [-0.39, 0.29) is 5.57 Å². The van der Waals surface area contributed by atoms with Gasteiger partial charge in [0.15, 0.2) is 0 Å². The molecule has 1 N–H and O–H groups in total.